The first-order valence-corrected chi connectivity index (χ1v) is 7.23. The maximum Gasteiger partial charge on any atom is 0.342 e. The van der Waals surface area contributed by atoms with Crippen molar-refractivity contribution >= 4 is 17.6 Å². The Balaban J connectivity index is 2.03. The maximum atomic E-state index is 12.2. The highest BCUT2D eigenvalue weighted by Crippen LogP contribution is 2.19. The number of hydrogen-bond acceptors (Lipinski definition) is 4. The number of amides is 1. The van der Waals surface area contributed by atoms with E-state index in [0.29, 0.717) is 11.4 Å². The number of para-hydroxylation sites is 2. The molecule has 0 spiro atoms. The lowest BCUT2D eigenvalue weighted by molar-refractivity contribution is -0.123. The molecule has 2 aromatic carbocycles. The average Bonchev–Trinajstić information content (AvgIpc) is 2.56. The van der Waals surface area contributed by atoms with Crippen molar-refractivity contribution in [1.29, 1.82) is 0 Å². The molecule has 0 fully saturated rings. The molecule has 0 aliphatic carbocycles. The topological polar surface area (TPSA) is 64.6 Å². The number of anilines is 1. The van der Waals surface area contributed by atoms with Gasteiger partial charge in [-0.3, -0.25) is 4.79 Å². The molecule has 2 rings (SSSR count). The Morgan fingerprint density at radius 2 is 1.70 bits per heavy atom. The number of hydrogen-bond donors (Lipinski definition) is 1. The predicted molar refractivity (Wildman–Crippen MR) is 87.7 cm³/mol. The van der Waals surface area contributed by atoms with E-state index in [0.717, 1.165) is 5.56 Å². The predicted octanol–water partition coefficient (Wildman–Crippen LogP) is 3.19. The van der Waals surface area contributed by atoms with Crippen molar-refractivity contribution in [3.05, 3.63) is 59.7 Å². The number of carbonyl (C=O) groups excluding carboxylic acids is 2. The molecule has 120 valence electrons. The fourth-order valence-corrected chi connectivity index (χ4v) is 2.04. The number of carbonyl (C=O) groups is 2. The molecule has 1 atom stereocenters. The van der Waals surface area contributed by atoms with E-state index >= 15 is 0 Å². The van der Waals surface area contributed by atoms with E-state index in [4.69, 9.17) is 9.47 Å². The van der Waals surface area contributed by atoms with Gasteiger partial charge < -0.3 is 14.8 Å². The molecule has 0 aliphatic rings. The summed E-state index contributed by atoms with van der Waals surface area (Å²) in [4.78, 5) is 24.3. The van der Waals surface area contributed by atoms with Gasteiger partial charge in [0.05, 0.1) is 7.11 Å². The lowest BCUT2D eigenvalue weighted by Crippen LogP contribution is -2.30. The molecular formula is C18H19NO4. The van der Waals surface area contributed by atoms with Gasteiger partial charge in [-0.25, -0.2) is 4.79 Å². The van der Waals surface area contributed by atoms with E-state index in [1.807, 2.05) is 25.1 Å². The number of ether oxygens (including phenoxy) is 2. The van der Waals surface area contributed by atoms with Crippen LogP contribution >= 0.6 is 0 Å². The number of aryl methyl sites for hydroxylation is 1. The minimum absolute atomic E-state index is 0.283. The first-order valence-electron chi connectivity index (χ1n) is 7.23. The molecule has 5 heteroatoms. The highest BCUT2D eigenvalue weighted by molar-refractivity contribution is 5.98. The molecule has 0 aliphatic heterocycles. The molecule has 1 N–H and O–H groups in total. The van der Waals surface area contributed by atoms with Crippen molar-refractivity contribution in [3.8, 4) is 5.75 Å². The van der Waals surface area contributed by atoms with Crippen molar-refractivity contribution in [3.63, 3.8) is 0 Å². The zero-order chi connectivity index (χ0) is 16.8. The molecule has 0 aromatic heterocycles. The summed E-state index contributed by atoms with van der Waals surface area (Å²) < 4.78 is 10.3. The van der Waals surface area contributed by atoms with Crippen molar-refractivity contribution in [2.75, 3.05) is 12.4 Å². The van der Waals surface area contributed by atoms with Crippen molar-refractivity contribution in [1.82, 2.24) is 0 Å². The second-order valence-corrected chi connectivity index (χ2v) is 5.05. The van der Waals surface area contributed by atoms with Crippen LogP contribution in [-0.4, -0.2) is 25.1 Å². The first kappa shape index (κ1) is 16.5. The number of nitrogens with one attached hydrogen (secondary N) is 1. The summed E-state index contributed by atoms with van der Waals surface area (Å²) in [7, 11) is 1.47. The van der Waals surface area contributed by atoms with Crippen molar-refractivity contribution in [2.45, 2.75) is 20.0 Å². The lowest BCUT2D eigenvalue weighted by Gasteiger charge is -2.15. The summed E-state index contributed by atoms with van der Waals surface area (Å²) in [5.41, 5.74) is 1.91. The highest BCUT2D eigenvalue weighted by Gasteiger charge is 2.21. The summed E-state index contributed by atoms with van der Waals surface area (Å²) in [6.07, 6.45) is -0.924. The largest absolute Gasteiger partial charge is 0.496 e. The van der Waals surface area contributed by atoms with E-state index in [1.165, 1.54) is 14.0 Å². The summed E-state index contributed by atoms with van der Waals surface area (Å²) in [5, 5.41) is 2.75. The second-order valence-electron chi connectivity index (χ2n) is 5.05. The van der Waals surface area contributed by atoms with Crippen molar-refractivity contribution < 1.29 is 19.1 Å². The smallest absolute Gasteiger partial charge is 0.342 e. The molecule has 0 saturated heterocycles. The van der Waals surface area contributed by atoms with Gasteiger partial charge in [0.2, 0.25) is 0 Å². The maximum absolute atomic E-state index is 12.2. The Hall–Kier alpha value is -2.82. The molecule has 5 nitrogen and oxygen atoms in total. The third-order valence-electron chi connectivity index (χ3n) is 3.38. The van der Waals surface area contributed by atoms with Crippen LogP contribution in [0, 0.1) is 6.92 Å². The third kappa shape index (κ3) is 4.10. The molecule has 0 bridgehead atoms. The van der Waals surface area contributed by atoms with Gasteiger partial charge in [0.1, 0.15) is 11.3 Å². The fraction of sp³-hybridized carbons (Fsp3) is 0.222. The third-order valence-corrected chi connectivity index (χ3v) is 3.38. The number of esters is 1. The Morgan fingerprint density at radius 3 is 2.39 bits per heavy atom. The van der Waals surface area contributed by atoms with Crippen LogP contribution in [0.1, 0.15) is 22.8 Å². The summed E-state index contributed by atoms with van der Waals surface area (Å²) in [5.74, 6) is -0.582. The molecule has 0 heterocycles. The molecule has 23 heavy (non-hydrogen) atoms. The van der Waals surface area contributed by atoms with E-state index < -0.39 is 12.1 Å². The van der Waals surface area contributed by atoms with Crippen LogP contribution in [0.4, 0.5) is 5.69 Å². The minimum Gasteiger partial charge on any atom is -0.496 e. The Bertz CT molecular complexity index is 712. The van der Waals surface area contributed by atoms with E-state index in [2.05, 4.69) is 5.32 Å². The average molecular weight is 313 g/mol. The summed E-state index contributed by atoms with van der Waals surface area (Å²) in [6, 6.07) is 14.1. The first-order chi connectivity index (χ1) is 11.0. The molecule has 1 amide bonds. The summed E-state index contributed by atoms with van der Waals surface area (Å²) in [6.45, 7) is 3.42. The van der Waals surface area contributed by atoms with Gasteiger partial charge >= 0.3 is 5.97 Å². The Labute approximate surface area is 135 Å². The number of benzene rings is 2. The van der Waals surface area contributed by atoms with Gasteiger partial charge in [0, 0.05) is 5.69 Å². The second kappa shape index (κ2) is 7.45. The van der Waals surface area contributed by atoms with Crippen LogP contribution in [0.3, 0.4) is 0 Å². The van der Waals surface area contributed by atoms with E-state index in [9.17, 15) is 9.59 Å². The van der Waals surface area contributed by atoms with Crippen LogP contribution in [0.2, 0.25) is 0 Å². The molecule has 0 saturated carbocycles. The minimum atomic E-state index is -0.924. The standard InChI is InChI=1S/C18H19NO4/c1-12-8-4-6-10-15(12)19-17(20)13(2)23-18(21)14-9-5-7-11-16(14)22-3/h4-11,13H,1-3H3,(H,19,20). The molecule has 2 aromatic rings. The Kier molecular flexibility index (Phi) is 5.36. The molecule has 0 radical (unpaired) electrons. The lowest BCUT2D eigenvalue weighted by atomic mass is 10.2. The molecular weight excluding hydrogens is 294 g/mol. The fourth-order valence-electron chi connectivity index (χ4n) is 2.04. The van der Waals surface area contributed by atoms with Gasteiger partial charge in [0.25, 0.3) is 5.91 Å². The highest BCUT2D eigenvalue weighted by atomic mass is 16.5. The number of methoxy groups -OCH3 is 1. The van der Waals surface area contributed by atoms with Gasteiger partial charge in [-0.1, -0.05) is 30.3 Å². The monoisotopic (exact) mass is 313 g/mol. The van der Waals surface area contributed by atoms with Crippen molar-refractivity contribution in [2.24, 2.45) is 0 Å². The van der Waals surface area contributed by atoms with Crippen LogP contribution in [-0.2, 0) is 9.53 Å². The van der Waals surface area contributed by atoms with Crippen LogP contribution < -0.4 is 10.1 Å². The normalized spacial score (nSPS) is 11.4. The Morgan fingerprint density at radius 1 is 1.04 bits per heavy atom. The van der Waals surface area contributed by atoms with Crippen LogP contribution in [0.15, 0.2) is 48.5 Å². The molecule has 1 unspecified atom stereocenters. The van der Waals surface area contributed by atoms with Gasteiger partial charge in [-0.05, 0) is 37.6 Å². The van der Waals surface area contributed by atoms with Gasteiger partial charge in [-0.15, -0.1) is 0 Å². The zero-order valence-electron chi connectivity index (χ0n) is 13.3. The van der Waals surface area contributed by atoms with Gasteiger partial charge in [-0.2, -0.15) is 0 Å². The van der Waals surface area contributed by atoms with E-state index in [-0.39, 0.29) is 11.5 Å². The quantitative estimate of drug-likeness (QED) is 0.861. The number of rotatable bonds is 5. The SMILES string of the molecule is COc1ccccc1C(=O)OC(C)C(=O)Nc1ccccc1C. The van der Waals surface area contributed by atoms with Gasteiger partial charge in [0.15, 0.2) is 6.10 Å². The van der Waals surface area contributed by atoms with Crippen LogP contribution in [0.25, 0.3) is 0 Å². The van der Waals surface area contributed by atoms with E-state index in [1.54, 1.807) is 30.3 Å². The van der Waals surface area contributed by atoms with Crippen LogP contribution in [0.5, 0.6) is 5.75 Å². The zero-order valence-corrected chi connectivity index (χ0v) is 13.3. The summed E-state index contributed by atoms with van der Waals surface area (Å²) >= 11 is 0.